The van der Waals surface area contributed by atoms with Crippen molar-refractivity contribution in [2.24, 2.45) is 0 Å². The largest absolute Gasteiger partial charge is 0.329 e. The minimum atomic E-state index is -0.451. The van der Waals surface area contributed by atoms with Crippen LogP contribution in [0.2, 0.25) is 5.15 Å². The van der Waals surface area contributed by atoms with Crippen LogP contribution >= 0.6 is 11.6 Å². The molecule has 0 saturated heterocycles. The molecule has 0 atom stereocenters. The standard InChI is InChI=1S/C13H22ClN3O2/c1-8(2)16(9(3)4)6-7-17-12(18)10(5)11(14)15-13(17)19/h8-9H,6-7H2,1-5H3,(H,15,19). The first-order valence-corrected chi connectivity index (χ1v) is 6.88. The van der Waals surface area contributed by atoms with E-state index in [-0.39, 0.29) is 10.7 Å². The molecular weight excluding hydrogens is 266 g/mol. The summed E-state index contributed by atoms with van der Waals surface area (Å²) in [6, 6.07) is 0.728. The fourth-order valence-electron chi connectivity index (χ4n) is 2.17. The third-order valence-electron chi connectivity index (χ3n) is 3.27. The monoisotopic (exact) mass is 287 g/mol. The van der Waals surface area contributed by atoms with Crippen molar-refractivity contribution < 1.29 is 0 Å². The summed E-state index contributed by atoms with van der Waals surface area (Å²) in [6.07, 6.45) is 0. The molecule has 0 saturated carbocycles. The van der Waals surface area contributed by atoms with Gasteiger partial charge in [-0.15, -0.1) is 0 Å². The molecule has 0 amide bonds. The highest BCUT2D eigenvalue weighted by Gasteiger charge is 2.15. The van der Waals surface area contributed by atoms with Crippen molar-refractivity contribution in [3.8, 4) is 0 Å². The van der Waals surface area contributed by atoms with Gasteiger partial charge >= 0.3 is 5.69 Å². The maximum absolute atomic E-state index is 12.0. The van der Waals surface area contributed by atoms with Gasteiger partial charge in [-0.25, -0.2) is 4.79 Å². The molecular formula is C13H22ClN3O2. The number of halogens is 1. The topological polar surface area (TPSA) is 58.1 Å². The normalized spacial score (nSPS) is 11.8. The second-order valence-electron chi connectivity index (χ2n) is 5.25. The van der Waals surface area contributed by atoms with Crippen molar-refractivity contribution in [1.82, 2.24) is 14.5 Å². The Hall–Kier alpha value is -1.07. The first kappa shape index (κ1) is 16.0. The average Bonchev–Trinajstić information content (AvgIpc) is 2.29. The first-order chi connectivity index (χ1) is 8.75. The van der Waals surface area contributed by atoms with Crippen LogP contribution in [0.25, 0.3) is 0 Å². The molecule has 1 aromatic rings. The Bertz CT molecular complexity index is 538. The summed E-state index contributed by atoms with van der Waals surface area (Å²) in [5.74, 6) is 0. The smallest absolute Gasteiger partial charge is 0.297 e. The highest BCUT2D eigenvalue weighted by molar-refractivity contribution is 6.30. The minimum absolute atomic E-state index is 0.121. The van der Waals surface area contributed by atoms with Crippen LogP contribution in [0.1, 0.15) is 33.3 Å². The van der Waals surface area contributed by atoms with E-state index >= 15 is 0 Å². The van der Waals surface area contributed by atoms with Gasteiger partial charge in [0.1, 0.15) is 5.15 Å². The average molecular weight is 288 g/mol. The maximum atomic E-state index is 12.0. The summed E-state index contributed by atoms with van der Waals surface area (Å²) < 4.78 is 1.21. The van der Waals surface area contributed by atoms with E-state index in [4.69, 9.17) is 11.6 Å². The van der Waals surface area contributed by atoms with Gasteiger partial charge in [0.05, 0.1) is 0 Å². The van der Waals surface area contributed by atoms with E-state index in [1.54, 1.807) is 6.92 Å². The second-order valence-corrected chi connectivity index (χ2v) is 5.63. The van der Waals surface area contributed by atoms with Crippen molar-refractivity contribution in [2.45, 2.75) is 53.2 Å². The summed E-state index contributed by atoms with van der Waals surface area (Å²) in [4.78, 5) is 28.5. The number of aromatic amines is 1. The quantitative estimate of drug-likeness (QED) is 0.837. The van der Waals surface area contributed by atoms with Crippen LogP contribution in [0, 0.1) is 6.92 Å². The van der Waals surface area contributed by atoms with E-state index in [2.05, 4.69) is 37.6 Å². The van der Waals surface area contributed by atoms with Crippen LogP contribution in [0.5, 0.6) is 0 Å². The lowest BCUT2D eigenvalue weighted by Crippen LogP contribution is -2.44. The Kier molecular flexibility index (Phi) is 5.38. The zero-order chi connectivity index (χ0) is 14.7. The van der Waals surface area contributed by atoms with E-state index in [0.29, 0.717) is 30.7 Å². The van der Waals surface area contributed by atoms with Crippen LogP contribution < -0.4 is 11.2 Å². The number of hydrogen-bond donors (Lipinski definition) is 1. The molecule has 1 aromatic heterocycles. The Labute approximate surface area is 118 Å². The fraction of sp³-hybridized carbons (Fsp3) is 0.692. The molecule has 0 bridgehead atoms. The van der Waals surface area contributed by atoms with Gasteiger partial charge in [-0.05, 0) is 34.6 Å². The Morgan fingerprint density at radius 1 is 1.21 bits per heavy atom. The summed E-state index contributed by atoms with van der Waals surface area (Å²) in [5.41, 5.74) is -0.392. The molecule has 0 aliphatic rings. The van der Waals surface area contributed by atoms with Gasteiger partial charge in [0.2, 0.25) is 0 Å². The summed E-state index contributed by atoms with van der Waals surface area (Å²) >= 11 is 5.78. The van der Waals surface area contributed by atoms with Crippen LogP contribution in [0.4, 0.5) is 0 Å². The minimum Gasteiger partial charge on any atom is -0.297 e. The predicted octanol–water partition coefficient (Wildman–Crippen LogP) is 1.62. The van der Waals surface area contributed by atoms with Gasteiger partial charge in [-0.1, -0.05) is 11.6 Å². The van der Waals surface area contributed by atoms with Crippen LogP contribution in [0.3, 0.4) is 0 Å². The van der Waals surface area contributed by atoms with Crippen molar-refractivity contribution >= 4 is 11.6 Å². The molecule has 5 nitrogen and oxygen atoms in total. The van der Waals surface area contributed by atoms with E-state index in [1.165, 1.54) is 4.57 Å². The number of nitrogens with zero attached hydrogens (tertiary/aromatic N) is 2. The zero-order valence-electron chi connectivity index (χ0n) is 12.2. The van der Waals surface area contributed by atoms with Gasteiger partial charge in [-0.3, -0.25) is 19.2 Å². The SMILES string of the molecule is Cc1c(Cl)[nH]c(=O)n(CCN(C(C)C)C(C)C)c1=O. The van der Waals surface area contributed by atoms with Gasteiger partial charge in [0.25, 0.3) is 5.56 Å². The number of aromatic nitrogens is 2. The van der Waals surface area contributed by atoms with E-state index < -0.39 is 5.69 Å². The second kappa shape index (κ2) is 6.39. The molecule has 108 valence electrons. The summed E-state index contributed by atoms with van der Waals surface area (Å²) in [6.45, 7) is 11.0. The molecule has 1 N–H and O–H groups in total. The van der Waals surface area contributed by atoms with Gasteiger partial charge < -0.3 is 0 Å². The molecule has 0 spiro atoms. The number of nitrogens with one attached hydrogen (secondary N) is 1. The van der Waals surface area contributed by atoms with Crippen molar-refractivity contribution in [1.29, 1.82) is 0 Å². The van der Waals surface area contributed by atoms with Crippen molar-refractivity contribution in [3.63, 3.8) is 0 Å². The van der Waals surface area contributed by atoms with Crippen LogP contribution in [0.15, 0.2) is 9.59 Å². The highest BCUT2D eigenvalue weighted by Crippen LogP contribution is 2.05. The fourth-order valence-corrected chi connectivity index (χ4v) is 2.34. The Morgan fingerprint density at radius 2 is 1.74 bits per heavy atom. The third kappa shape index (κ3) is 3.70. The van der Waals surface area contributed by atoms with Gasteiger partial charge in [0.15, 0.2) is 0 Å². The molecule has 0 unspecified atom stereocenters. The van der Waals surface area contributed by atoms with Crippen LogP contribution in [-0.4, -0.2) is 33.1 Å². The van der Waals surface area contributed by atoms with Gasteiger partial charge in [-0.2, -0.15) is 0 Å². The lowest BCUT2D eigenvalue weighted by molar-refractivity contribution is 0.167. The maximum Gasteiger partial charge on any atom is 0.329 e. The number of hydrogen-bond acceptors (Lipinski definition) is 3. The lowest BCUT2D eigenvalue weighted by atomic mass is 10.2. The number of H-pyrrole nitrogens is 1. The number of rotatable bonds is 5. The molecule has 19 heavy (non-hydrogen) atoms. The predicted molar refractivity (Wildman–Crippen MR) is 78.0 cm³/mol. The molecule has 6 heteroatoms. The zero-order valence-corrected chi connectivity index (χ0v) is 12.9. The van der Waals surface area contributed by atoms with Gasteiger partial charge in [0, 0.05) is 30.7 Å². The van der Waals surface area contributed by atoms with E-state index in [1.807, 2.05) is 0 Å². The Balaban J connectivity index is 2.99. The summed E-state index contributed by atoms with van der Waals surface area (Å²) in [5, 5.41) is 0.121. The highest BCUT2D eigenvalue weighted by atomic mass is 35.5. The molecule has 1 rings (SSSR count). The van der Waals surface area contributed by atoms with E-state index in [0.717, 1.165) is 0 Å². The van der Waals surface area contributed by atoms with Crippen molar-refractivity contribution in [2.75, 3.05) is 6.54 Å². The molecule has 1 heterocycles. The van der Waals surface area contributed by atoms with Crippen LogP contribution in [-0.2, 0) is 6.54 Å². The summed E-state index contributed by atoms with van der Waals surface area (Å²) in [7, 11) is 0. The first-order valence-electron chi connectivity index (χ1n) is 6.50. The lowest BCUT2D eigenvalue weighted by Gasteiger charge is -2.30. The molecule has 0 aliphatic heterocycles. The van der Waals surface area contributed by atoms with Crippen molar-refractivity contribution in [3.05, 3.63) is 31.6 Å². The molecule has 0 fully saturated rings. The van der Waals surface area contributed by atoms with E-state index in [9.17, 15) is 9.59 Å². The Morgan fingerprint density at radius 3 is 2.21 bits per heavy atom. The molecule has 0 radical (unpaired) electrons. The third-order valence-corrected chi connectivity index (χ3v) is 3.64. The molecule has 0 aliphatic carbocycles. The molecule has 0 aromatic carbocycles.